The van der Waals surface area contributed by atoms with Gasteiger partial charge < -0.3 is 25.8 Å². The molecule has 2 aromatic carbocycles. The van der Waals surface area contributed by atoms with Crippen LogP contribution in [0.4, 0.5) is 11.4 Å². The van der Waals surface area contributed by atoms with E-state index in [1.54, 1.807) is 12.1 Å². The highest BCUT2D eigenvalue weighted by Gasteiger charge is 2.24. The summed E-state index contributed by atoms with van der Waals surface area (Å²) in [6, 6.07) is 8.91. The van der Waals surface area contributed by atoms with Crippen molar-refractivity contribution in [3.63, 3.8) is 0 Å². The van der Waals surface area contributed by atoms with Gasteiger partial charge in [0.15, 0.2) is 11.5 Å². The molecular formula is C21H26ClN3O4. The van der Waals surface area contributed by atoms with Gasteiger partial charge in [-0.25, -0.2) is 0 Å². The number of nitrogen functional groups attached to an aromatic ring is 1. The van der Waals surface area contributed by atoms with Crippen LogP contribution in [0.15, 0.2) is 30.3 Å². The third kappa shape index (κ3) is 4.92. The maximum absolute atomic E-state index is 13.0. The Morgan fingerprint density at radius 2 is 1.90 bits per heavy atom. The molecule has 29 heavy (non-hydrogen) atoms. The highest BCUT2D eigenvalue weighted by atomic mass is 35.5. The molecule has 0 radical (unpaired) electrons. The summed E-state index contributed by atoms with van der Waals surface area (Å²) in [5.41, 5.74) is 9.64. The average molecular weight is 420 g/mol. The molecule has 7 nitrogen and oxygen atoms in total. The first-order chi connectivity index (χ1) is 13.4. The van der Waals surface area contributed by atoms with E-state index in [0.717, 1.165) is 30.5 Å². The third-order valence-corrected chi connectivity index (χ3v) is 4.84. The van der Waals surface area contributed by atoms with E-state index in [1.165, 1.54) is 26.7 Å². The maximum Gasteiger partial charge on any atom is 0.251 e. The number of amides is 2. The lowest BCUT2D eigenvalue weighted by Crippen LogP contribution is -2.31. The van der Waals surface area contributed by atoms with E-state index in [4.69, 9.17) is 15.2 Å². The number of hydrogen-bond acceptors (Lipinski definition) is 5. The molecule has 1 aliphatic carbocycles. The SMILES string of the molecule is COc1cc(C(=O)NC2CCCc3cc(N)ccc32)cc(NC(C)=O)c1OC.Cl. The smallest absolute Gasteiger partial charge is 0.251 e. The van der Waals surface area contributed by atoms with Gasteiger partial charge in [-0.05, 0) is 54.7 Å². The van der Waals surface area contributed by atoms with Gasteiger partial charge in [-0.3, -0.25) is 9.59 Å². The highest BCUT2D eigenvalue weighted by molar-refractivity contribution is 5.99. The van der Waals surface area contributed by atoms with Gasteiger partial charge in [0.1, 0.15) is 0 Å². The molecule has 1 unspecified atom stereocenters. The summed E-state index contributed by atoms with van der Waals surface area (Å²) in [5, 5.41) is 5.77. The number of hydrogen-bond donors (Lipinski definition) is 3. The zero-order valence-electron chi connectivity index (χ0n) is 16.7. The Morgan fingerprint density at radius 1 is 1.14 bits per heavy atom. The van der Waals surface area contributed by atoms with Crippen molar-refractivity contribution < 1.29 is 19.1 Å². The molecule has 3 rings (SSSR count). The lowest BCUT2D eigenvalue weighted by atomic mass is 9.87. The van der Waals surface area contributed by atoms with E-state index < -0.39 is 0 Å². The molecular weight excluding hydrogens is 394 g/mol. The van der Waals surface area contributed by atoms with E-state index in [-0.39, 0.29) is 30.3 Å². The Morgan fingerprint density at radius 3 is 2.55 bits per heavy atom. The molecule has 0 fully saturated rings. The molecule has 1 atom stereocenters. The number of benzene rings is 2. The first-order valence-corrected chi connectivity index (χ1v) is 9.15. The van der Waals surface area contributed by atoms with Crippen LogP contribution in [-0.4, -0.2) is 26.0 Å². The number of nitrogens with two attached hydrogens (primary N) is 1. The quantitative estimate of drug-likeness (QED) is 0.644. The summed E-state index contributed by atoms with van der Waals surface area (Å²) < 4.78 is 10.7. The van der Waals surface area contributed by atoms with E-state index in [9.17, 15) is 9.59 Å². The van der Waals surface area contributed by atoms with Crippen LogP contribution < -0.4 is 25.8 Å². The molecule has 0 spiro atoms. The number of methoxy groups -OCH3 is 2. The fraction of sp³-hybridized carbons (Fsp3) is 0.333. The number of anilines is 2. The first kappa shape index (κ1) is 22.4. The number of rotatable bonds is 5. The van der Waals surface area contributed by atoms with E-state index in [2.05, 4.69) is 10.6 Å². The zero-order valence-corrected chi connectivity index (χ0v) is 17.5. The molecule has 2 amide bonds. The number of fused-ring (bicyclic) bond motifs is 1. The van der Waals surface area contributed by atoms with E-state index >= 15 is 0 Å². The normalized spacial score (nSPS) is 14.8. The standard InChI is InChI=1S/C21H25N3O4.ClH/c1-12(25)23-18-10-14(11-19(27-2)20(18)28-3)21(26)24-17-6-4-5-13-9-15(22)7-8-16(13)17;/h7-11,17H,4-6,22H2,1-3H3,(H,23,25)(H,24,26);1H. The van der Waals surface area contributed by atoms with Gasteiger partial charge >= 0.3 is 0 Å². The number of nitrogens with one attached hydrogen (secondary N) is 2. The number of carbonyl (C=O) groups excluding carboxylic acids is 2. The Kier molecular flexibility index (Phi) is 7.34. The summed E-state index contributed by atoms with van der Waals surface area (Å²) >= 11 is 0. The first-order valence-electron chi connectivity index (χ1n) is 9.15. The summed E-state index contributed by atoms with van der Waals surface area (Å²) in [7, 11) is 2.96. The summed E-state index contributed by atoms with van der Waals surface area (Å²) in [4.78, 5) is 24.5. The fourth-order valence-corrected chi connectivity index (χ4v) is 3.60. The number of ether oxygens (including phenoxy) is 2. The van der Waals surface area contributed by atoms with Crippen molar-refractivity contribution in [1.82, 2.24) is 5.32 Å². The van der Waals surface area contributed by atoms with Crippen LogP contribution in [0.1, 0.15) is 47.3 Å². The second-order valence-electron chi connectivity index (χ2n) is 6.82. The van der Waals surface area contributed by atoms with Crippen LogP contribution in [0.5, 0.6) is 11.5 Å². The van der Waals surface area contributed by atoms with Crippen molar-refractivity contribution in [2.24, 2.45) is 0 Å². The molecule has 0 aromatic heterocycles. The summed E-state index contributed by atoms with van der Waals surface area (Å²) in [6.45, 7) is 1.39. The van der Waals surface area contributed by atoms with Gasteiger partial charge in [-0.15, -0.1) is 12.4 Å². The van der Waals surface area contributed by atoms with Gasteiger partial charge in [0.25, 0.3) is 5.91 Å². The van der Waals surface area contributed by atoms with Crippen molar-refractivity contribution in [3.8, 4) is 11.5 Å². The van der Waals surface area contributed by atoms with Gasteiger partial charge in [0.2, 0.25) is 5.91 Å². The second kappa shape index (κ2) is 9.52. The Labute approximate surface area is 176 Å². The number of aryl methyl sites for hydroxylation is 1. The van der Waals surface area contributed by atoms with Crippen molar-refractivity contribution >= 4 is 35.6 Å². The topological polar surface area (TPSA) is 103 Å². The third-order valence-electron chi connectivity index (χ3n) is 4.84. The molecule has 0 bridgehead atoms. The predicted octanol–water partition coefficient (Wildman–Crippen LogP) is 3.47. The van der Waals surface area contributed by atoms with Gasteiger partial charge in [0.05, 0.1) is 25.9 Å². The Hall–Kier alpha value is -2.93. The molecule has 0 saturated heterocycles. The van der Waals surface area contributed by atoms with Gasteiger partial charge in [-0.2, -0.15) is 0 Å². The Bertz CT molecular complexity index is 917. The zero-order chi connectivity index (χ0) is 20.3. The largest absolute Gasteiger partial charge is 0.493 e. The molecule has 0 saturated carbocycles. The minimum absolute atomic E-state index is 0. The van der Waals surface area contributed by atoms with Crippen molar-refractivity contribution in [3.05, 3.63) is 47.0 Å². The lowest BCUT2D eigenvalue weighted by molar-refractivity contribution is -0.114. The summed E-state index contributed by atoms with van der Waals surface area (Å²) in [6.07, 6.45) is 2.79. The number of halogens is 1. The fourth-order valence-electron chi connectivity index (χ4n) is 3.60. The van der Waals surface area contributed by atoms with Gasteiger partial charge in [-0.1, -0.05) is 6.07 Å². The van der Waals surface area contributed by atoms with Crippen LogP contribution in [0.25, 0.3) is 0 Å². The van der Waals surface area contributed by atoms with Crippen LogP contribution in [-0.2, 0) is 11.2 Å². The number of carbonyl (C=O) groups is 2. The maximum atomic E-state index is 13.0. The molecule has 1 aliphatic rings. The van der Waals surface area contributed by atoms with E-state index in [0.29, 0.717) is 22.7 Å². The molecule has 0 heterocycles. The van der Waals surface area contributed by atoms with Crippen molar-refractivity contribution in [2.75, 3.05) is 25.3 Å². The molecule has 4 N–H and O–H groups in total. The molecule has 2 aromatic rings. The van der Waals surface area contributed by atoms with E-state index in [1.807, 2.05) is 18.2 Å². The van der Waals surface area contributed by atoms with Crippen molar-refractivity contribution in [1.29, 1.82) is 0 Å². The highest BCUT2D eigenvalue weighted by Crippen LogP contribution is 2.37. The minimum Gasteiger partial charge on any atom is -0.493 e. The van der Waals surface area contributed by atoms with Crippen molar-refractivity contribution in [2.45, 2.75) is 32.2 Å². The van der Waals surface area contributed by atoms with Crippen LogP contribution in [0.2, 0.25) is 0 Å². The Balaban J connectivity index is 0.00000300. The van der Waals surface area contributed by atoms with Crippen LogP contribution >= 0.6 is 12.4 Å². The summed E-state index contributed by atoms with van der Waals surface area (Å²) in [5.74, 6) is 0.224. The molecule has 0 aliphatic heterocycles. The lowest BCUT2D eigenvalue weighted by Gasteiger charge is -2.27. The predicted molar refractivity (Wildman–Crippen MR) is 115 cm³/mol. The second-order valence-corrected chi connectivity index (χ2v) is 6.82. The van der Waals surface area contributed by atoms with Crippen LogP contribution in [0.3, 0.4) is 0 Å². The molecule has 8 heteroatoms. The molecule has 156 valence electrons. The van der Waals surface area contributed by atoms with Gasteiger partial charge in [0, 0.05) is 18.2 Å². The average Bonchev–Trinajstić information content (AvgIpc) is 2.66. The van der Waals surface area contributed by atoms with Crippen LogP contribution in [0, 0.1) is 0 Å². The minimum atomic E-state index is -0.267. The monoisotopic (exact) mass is 419 g/mol.